The Morgan fingerprint density at radius 1 is 1.17 bits per heavy atom. The molecule has 0 aliphatic heterocycles. The number of nitrogens with one attached hydrogen (secondary N) is 1. The van der Waals surface area contributed by atoms with Gasteiger partial charge in [0.15, 0.2) is 0 Å². The van der Waals surface area contributed by atoms with Gasteiger partial charge in [0, 0.05) is 15.4 Å². The Morgan fingerprint density at radius 3 is 2.83 bits per heavy atom. The van der Waals surface area contributed by atoms with Crippen LogP contribution in [-0.2, 0) is 0 Å². The van der Waals surface area contributed by atoms with Gasteiger partial charge in [-0.1, -0.05) is 34.2 Å². The Bertz CT molecular complexity index is 475. The molecular formula is C9H6BrNS. The second kappa shape index (κ2) is 2.99. The maximum Gasteiger partial charge on any atom is 0.103 e. The number of pyridine rings is 1. The molecule has 0 fully saturated rings. The molecule has 1 aromatic heterocycles. The highest BCUT2D eigenvalue weighted by molar-refractivity contribution is 9.10. The quantitative estimate of drug-likeness (QED) is 0.695. The van der Waals surface area contributed by atoms with Crippen molar-refractivity contribution in [2.45, 2.75) is 0 Å². The Labute approximate surface area is 83.6 Å². The van der Waals surface area contributed by atoms with Crippen molar-refractivity contribution in [2.24, 2.45) is 0 Å². The summed E-state index contributed by atoms with van der Waals surface area (Å²) < 4.78 is 1.85. The lowest BCUT2D eigenvalue weighted by atomic mass is 10.2. The highest BCUT2D eigenvalue weighted by Crippen LogP contribution is 2.21. The van der Waals surface area contributed by atoms with E-state index in [-0.39, 0.29) is 0 Å². The summed E-state index contributed by atoms with van der Waals surface area (Å²) in [6, 6.07) is 9.91. The van der Waals surface area contributed by atoms with E-state index in [0.717, 1.165) is 20.0 Å². The van der Waals surface area contributed by atoms with E-state index in [1.54, 1.807) is 0 Å². The molecule has 1 heterocycles. The minimum atomic E-state index is 0.764. The first kappa shape index (κ1) is 7.95. The van der Waals surface area contributed by atoms with E-state index in [9.17, 15) is 0 Å². The number of fused-ring (bicyclic) bond motifs is 1. The molecule has 2 aromatic rings. The first-order valence-corrected chi connectivity index (χ1v) is 4.75. The molecule has 0 bridgehead atoms. The molecule has 0 unspecified atom stereocenters. The molecule has 0 spiro atoms. The highest BCUT2D eigenvalue weighted by Gasteiger charge is 1.95. The zero-order valence-corrected chi connectivity index (χ0v) is 8.58. The average Bonchev–Trinajstić information content (AvgIpc) is 2.04. The van der Waals surface area contributed by atoms with Crippen molar-refractivity contribution in [1.82, 2.24) is 4.98 Å². The summed E-state index contributed by atoms with van der Waals surface area (Å²) in [6.45, 7) is 0. The summed E-state index contributed by atoms with van der Waals surface area (Å²) >= 11 is 8.48. The summed E-state index contributed by atoms with van der Waals surface area (Å²) in [4.78, 5) is 3.12. The second-order valence-corrected chi connectivity index (χ2v) is 3.82. The maximum atomic E-state index is 5.01. The Morgan fingerprint density at radius 2 is 2.00 bits per heavy atom. The van der Waals surface area contributed by atoms with E-state index >= 15 is 0 Å². The van der Waals surface area contributed by atoms with Gasteiger partial charge in [-0.2, -0.15) is 0 Å². The number of hydrogen-bond acceptors (Lipinski definition) is 1. The summed E-state index contributed by atoms with van der Waals surface area (Å²) in [7, 11) is 0. The monoisotopic (exact) mass is 239 g/mol. The van der Waals surface area contributed by atoms with Crippen LogP contribution in [0.4, 0.5) is 0 Å². The third-order valence-electron chi connectivity index (χ3n) is 1.71. The molecule has 0 aliphatic rings. The molecule has 0 atom stereocenters. The van der Waals surface area contributed by atoms with Crippen LogP contribution in [0, 0.1) is 4.64 Å². The van der Waals surface area contributed by atoms with Gasteiger partial charge in [-0.25, -0.2) is 0 Å². The predicted molar refractivity (Wildman–Crippen MR) is 56.8 cm³/mol. The highest BCUT2D eigenvalue weighted by atomic mass is 79.9. The third kappa shape index (κ3) is 1.30. The molecule has 60 valence electrons. The number of hydrogen-bond donors (Lipinski definition) is 1. The number of aromatic amines is 1. The zero-order chi connectivity index (χ0) is 8.55. The average molecular weight is 240 g/mol. The molecule has 0 radical (unpaired) electrons. The van der Waals surface area contributed by atoms with E-state index in [4.69, 9.17) is 12.2 Å². The summed E-state index contributed by atoms with van der Waals surface area (Å²) in [5, 5.41) is 1.16. The SMILES string of the molecule is S=c1ccc2c(Br)cccc2[nH]1. The van der Waals surface area contributed by atoms with Gasteiger partial charge in [-0.05, 0) is 24.3 Å². The Balaban J connectivity index is 2.96. The molecule has 1 aromatic carbocycles. The van der Waals surface area contributed by atoms with Crippen LogP contribution in [0.5, 0.6) is 0 Å². The summed E-state index contributed by atoms with van der Waals surface area (Å²) in [5.41, 5.74) is 1.07. The Hall–Kier alpha value is -0.670. The van der Waals surface area contributed by atoms with Crippen LogP contribution in [-0.4, -0.2) is 4.98 Å². The fourth-order valence-corrected chi connectivity index (χ4v) is 1.83. The molecule has 0 saturated heterocycles. The van der Waals surface area contributed by atoms with Gasteiger partial charge in [0.2, 0.25) is 0 Å². The van der Waals surface area contributed by atoms with E-state index in [1.165, 1.54) is 0 Å². The number of benzene rings is 1. The molecular weight excluding hydrogens is 234 g/mol. The van der Waals surface area contributed by atoms with Crippen LogP contribution in [0.25, 0.3) is 10.9 Å². The fourth-order valence-electron chi connectivity index (χ4n) is 1.15. The zero-order valence-electron chi connectivity index (χ0n) is 6.17. The molecule has 0 aliphatic carbocycles. The van der Waals surface area contributed by atoms with E-state index in [2.05, 4.69) is 20.9 Å². The second-order valence-electron chi connectivity index (χ2n) is 2.52. The molecule has 3 heteroatoms. The van der Waals surface area contributed by atoms with Crippen LogP contribution >= 0.6 is 28.1 Å². The molecule has 0 saturated carbocycles. The molecule has 2 rings (SSSR count). The first-order valence-electron chi connectivity index (χ1n) is 3.55. The third-order valence-corrected chi connectivity index (χ3v) is 2.64. The van der Waals surface area contributed by atoms with Crippen molar-refractivity contribution in [3.63, 3.8) is 0 Å². The lowest BCUT2D eigenvalue weighted by Gasteiger charge is -1.98. The van der Waals surface area contributed by atoms with Gasteiger partial charge in [-0.3, -0.25) is 0 Å². The minimum Gasteiger partial charge on any atom is -0.346 e. The van der Waals surface area contributed by atoms with Gasteiger partial charge >= 0.3 is 0 Å². The van der Waals surface area contributed by atoms with Crippen molar-refractivity contribution in [3.05, 3.63) is 39.4 Å². The van der Waals surface area contributed by atoms with E-state index < -0.39 is 0 Å². The first-order chi connectivity index (χ1) is 5.77. The summed E-state index contributed by atoms with van der Waals surface area (Å²) in [5.74, 6) is 0. The molecule has 0 amide bonds. The van der Waals surface area contributed by atoms with Gasteiger partial charge in [-0.15, -0.1) is 0 Å². The van der Waals surface area contributed by atoms with Crippen LogP contribution < -0.4 is 0 Å². The minimum absolute atomic E-state index is 0.764. The van der Waals surface area contributed by atoms with Gasteiger partial charge in [0.1, 0.15) is 4.64 Å². The number of H-pyrrole nitrogens is 1. The number of aromatic nitrogens is 1. The van der Waals surface area contributed by atoms with Crippen LogP contribution in [0.1, 0.15) is 0 Å². The normalized spacial score (nSPS) is 10.4. The van der Waals surface area contributed by atoms with Gasteiger partial charge in [0.05, 0.1) is 0 Å². The Kier molecular flexibility index (Phi) is 1.98. The largest absolute Gasteiger partial charge is 0.346 e. The van der Waals surface area contributed by atoms with Gasteiger partial charge < -0.3 is 4.98 Å². The number of rotatable bonds is 0. The topological polar surface area (TPSA) is 15.8 Å². The van der Waals surface area contributed by atoms with Crippen LogP contribution in [0.2, 0.25) is 0 Å². The van der Waals surface area contributed by atoms with Crippen LogP contribution in [0.3, 0.4) is 0 Å². The van der Waals surface area contributed by atoms with Crippen LogP contribution in [0.15, 0.2) is 34.8 Å². The lowest BCUT2D eigenvalue weighted by molar-refractivity contribution is 1.37. The number of halogens is 1. The summed E-state index contributed by atoms with van der Waals surface area (Å²) in [6.07, 6.45) is 0. The van der Waals surface area contributed by atoms with Crippen molar-refractivity contribution < 1.29 is 0 Å². The van der Waals surface area contributed by atoms with Crippen molar-refractivity contribution in [1.29, 1.82) is 0 Å². The van der Waals surface area contributed by atoms with Crippen molar-refractivity contribution in [3.8, 4) is 0 Å². The smallest absolute Gasteiger partial charge is 0.103 e. The molecule has 1 N–H and O–H groups in total. The fraction of sp³-hybridized carbons (Fsp3) is 0. The van der Waals surface area contributed by atoms with E-state index in [0.29, 0.717) is 0 Å². The van der Waals surface area contributed by atoms with Crippen molar-refractivity contribution in [2.75, 3.05) is 0 Å². The maximum absolute atomic E-state index is 5.01. The van der Waals surface area contributed by atoms with Crippen molar-refractivity contribution >= 4 is 39.1 Å². The molecule has 12 heavy (non-hydrogen) atoms. The van der Waals surface area contributed by atoms with Gasteiger partial charge in [0.25, 0.3) is 0 Å². The molecule has 1 nitrogen and oxygen atoms in total. The predicted octanol–water partition coefficient (Wildman–Crippen LogP) is 3.66. The standard InChI is InChI=1S/C9H6BrNS/c10-7-2-1-3-8-6(7)4-5-9(12)11-8/h1-5H,(H,11,12). The lowest BCUT2D eigenvalue weighted by Crippen LogP contribution is -1.78. The van der Waals surface area contributed by atoms with E-state index in [1.807, 2.05) is 30.3 Å².